The SMILES string of the molecule is Cc1cc(Oc2ccc(NC(=O)Nc3cc(C(C)(C)C)nn3-c3ccc(S(=O)(=O)NCC4CCCO4)c(C)c3)c(F)c2)ccn1. The molecule has 2 amide bonds. The van der Waals surface area contributed by atoms with E-state index in [1.54, 1.807) is 49.5 Å². The van der Waals surface area contributed by atoms with Crippen molar-refractivity contribution in [3.8, 4) is 17.2 Å². The van der Waals surface area contributed by atoms with E-state index < -0.39 is 21.9 Å². The number of rotatable bonds is 9. The quantitative estimate of drug-likeness (QED) is 0.199. The van der Waals surface area contributed by atoms with E-state index in [-0.39, 0.29) is 34.4 Å². The van der Waals surface area contributed by atoms with Crippen LogP contribution in [0.5, 0.6) is 11.5 Å². The van der Waals surface area contributed by atoms with Crippen molar-refractivity contribution in [2.75, 3.05) is 23.8 Å². The Kier molecular flexibility index (Phi) is 9.23. The molecule has 3 heterocycles. The van der Waals surface area contributed by atoms with Gasteiger partial charge >= 0.3 is 6.03 Å². The normalized spacial score (nSPS) is 15.2. The number of amides is 2. The number of benzene rings is 2. The summed E-state index contributed by atoms with van der Waals surface area (Å²) in [6.07, 6.45) is 3.20. The van der Waals surface area contributed by atoms with Gasteiger partial charge in [-0.05, 0) is 68.7 Å². The number of aromatic nitrogens is 3. The van der Waals surface area contributed by atoms with Crippen LogP contribution in [0, 0.1) is 19.7 Å². The molecule has 1 atom stereocenters. The van der Waals surface area contributed by atoms with Gasteiger partial charge in [0.1, 0.15) is 23.1 Å². The van der Waals surface area contributed by atoms with Crippen molar-refractivity contribution in [1.82, 2.24) is 19.5 Å². The maximum absolute atomic E-state index is 14.9. The van der Waals surface area contributed by atoms with Gasteiger partial charge < -0.3 is 14.8 Å². The van der Waals surface area contributed by atoms with Crippen molar-refractivity contribution in [2.45, 2.75) is 63.9 Å². The number of hydrogen-bond donors (Lipinski definition) is 3. The molecule has 2 aromatic heterocycles. The molecule has 45 heavy (non-hydrogen) atoms. The maximum Gasteiger partial charge on any atom is 0.324 e. The number of anilines is 2. The highest BCUT2D eigenvalue weighted by Gasteiger charge is 2.24. The van der Waals surface area contributed by atoms with Crippen LogP contribution in [0.4, 0.5) is 20.7 Å². The average Bonchev–Trinajstić information content (AvgIpc) is 3.64. The Morgan fingerprint density at radius 3 is 2.51 bits per heavy atom. The third-order valence-corrected chi connectivity index (χ3v) is 8.81. The fourth-order valence-corrected chi connectivity index (χ4v) is 6.13. The highest BCUT2D eigenvalue weighted by molar-refractivity contribution is 7.89. The molecule has 1 aliphatic heterocycles. The van der Waals surface area contributed by atoms with E-state index in [1.807, 2.05) is 27.7 Å². The number of urea groups is 1. The molecular formula is C32H37FN6O5S. The number of carbonyl (C=O) groups excluding carboxylic acids is 1. The molecule has 0 aliphatic carbocycles. The van der Waals surface area contributed by atoms with Crippen LogP contribution in [0.2, 0.25) is 0 Å². The fraction of sp³-hybridized carbons (Fsp3) is 0.344. The first-order valence-corrected chi connectivity index (χ1v) is 16.1. The summed E-state index contributed by atoms with van der Waals surface area (Å²) in [6, 6.07) is 13.4. The van der Waals surface area contributed by atoms with Crippen LogP contribution in [0.1, 0.15) is 50.6 Å². The Labute approximate surface area is 262 Å². The topological polar surface area (TPSA) is 136 Å². The summed E-state index contributed by atoms with van der Waals surface area (Å²) >= 11 is 0. The van der Waals surface area contributed by atoms with Gasteiger partial charge in [0.15, 0.2) is 0 Å². The third kappa shape index (κ3) is 7.85. The summed E-state index contributed by atoms with van der Waals surface area (Å²) in [5.41, 5.74) is 2.07. The van der Waals surface area contributed by atoms with Crippen molar-refractivity contribution >= 4 is 27.6 Å². The second-order valence-electron chi connectivity index (χ2n) is 12.0. The lowest BCUT2D eigenvalue weighted by molar-refractivity contribution is 0.114. The summed E-state index contributed by atoms with van der Waals surface area (Å²) < 4.78 is 56.4. The van der Waals surface area contributed by atoms with Crippen LogP contribution in [0.3, 0.4) is 0 Å². The molecule has 1 fully saturated rings. The Balaban J connectivity index is 1.34. The first-order chi connectivity index (χ1) is 21.3. The van der Waals surface area contributed by atoms with Crippen LogP contribution in [0.25, 0.3) is 5.69 Å². The van der Waals surface area contributed by atoms with Crippen LogP contribution in [-0.4, -0.2) is 48.5 Å². The first-order valence-electron chi connectivity index (χ1n) is 14.6. The minimum absolute atomic E-state index is 0.0474. The van der Waals surface area contributed by atoms with E-state index in [0.29, 0.717) is 35.1 Å². The number of nitrogens with one attached hydrogen (secondary N) is 3. The van der Waals surface area contributed by atoms with Gasteiger partial charge in [-0.15, -0.1) is 0 Å². The van der Waals surface area contributed by atoms with E-state index in [4.69, 9.17) is 14.6 Å². The third-order valence-electron chi connectivity index (χ3n) is 7.23. The Morgan fingerprint density at radius 1 is 1.07 bits per heavy atom. The van der Waals surface area contributed by atoms with Crippen LogP contribution in [-0.2, 0) is 20.2 Å². The van der Waals surface area contributed by atoms with Gasteiger partial charge in [-0.25, -0.2) is 27.0 Å². The highest BCUT2D eigenvalue weighted by atomic mass is 32.2. The molecule has 2 aromatic carbocycles. The minimum atomic E-state index is -3.77. The molecular weight excluding hydrogens is 599 g/mol. The van der Waals surface area contributed by atoms with Crippen LogP contribution in [0.15, 0.2) is 65.7 Å². The van der Waals surface area contributed by atoms with E-state index in [1.165, 1.54) is 22.9 Å². The van der Waals surface area contributed by atoms with Crippen LogP contribution < -0.4 is 20.1 Å². The van der Waals surface area contributed by atoms with E-state index in [0.717, 1.165) is 18.5 Å². The zero-order valence-electron chi connectivity index (χ0n) is 25.8. The van der Waals surface area contributed by atoms with Crippen molar-refractivity contribution in [3.05, 3.63) is 83.6 Å². The molecule has 0 spiro atoms. The summed E-state index contributed by atoms with van der Waals surface area (Å²) in [6.45, 7) is 10.3. The van der Waals surface area contributed by atoms with Gasteiger partial charge in [-0.2, -0.15) is 5.10 Å². The number of carbonyl (C=O) groups is 1. The molecule has 0 bridgehead atoms. The van der Waals surface area contributed by atoms with E-state index in [2.05, 4.69) is 20.3 Å². The van der Waals surface area contributed by atoms with Gasteiger partial charge in [0, 0.05) is 48.7 Å². The van der Waals surface area contributed by atoms with Crippen LogP contribution >= 0.6 is 0 Å². The standard InChI is InChI=1S/C32H37FN6O5S/c1-20-15-22(8-11-28(20)45(41,42)35-19-25-7-6-14-43-25)39-30(18-29(38-39)32(3,4)5)37-31(40)36-27-10-9-23(17-26(27)33)44-24-12-13-34-21(2)16-24/h8-13,15-18,25,35H,6-7,14,19H2,1-5H3,(H2,36,37,40). The number of pyridine rings is 1. The molecule has 5 rings (SSSR count). The predicted octanol–water partition coefficient (Wildman–Crippen LogP) is 6.21. The zero-order chi connectivity index (χ0) is 32.4. The maximum atomic E-state index is 14.9. The molecule has 3 N–H and O–H groups in total. The molecule has 0 radical (unpaired) electrons. The second-order valence-corrected chi connectivity index (χ2v) is 13.7. The Morgan fingerprint density at radius 2 is 1.84 bits per heavy atom. The molecule has 0 saturated carbocycles. The van der Waals surface area contributed by atoms with E-state index in [9.17, 15) is 17.6 Å². The zero-order valence-corrected chi connectivity index (χ0v) is 26.7. The molecule has 11 nitrogen and oxygen atoms in total. The number of aryl methyl sites for hydroxylation is 2. The van der Waals surface area contributed by atoms with Crippen molar-refractivity contribution in [2.24, 2.45) is 0 Å². The summed E-state index contributed by atoms with van der Waals surface area (Å²) in [4.78, 5) is 17.3. The Bertz CT molecular complexity index is 1810. The Hall–Kier alpha value is -4.33. The minimum Gasteiger partial charge on any atom is -0.457 e. The van der Waals surface area contributed by atoms with Gasteiger partial charge in [-0.1, -0.05) is 20.8 Å². The summed E-state index contributed by atoms with van der Waals surface area (Å²) in [5, 5.41) is 9.99. The number of ether oxygens (including phenoxy) is 2. The lowest BCUT2D eigenvalue weighted by atomic mass is 9.92. The van der Waals surface area contributed by atoms with Crippen molar-refractivity contribution in [1.29, 1.82) is 0 Å². The predicted molar refractivity (Wildman–Crippen MR) is 169 cm³/mol. The van der Waals surface area contributed by atoms with Gasteiger partial charge in [0.25, 0.3) is 0 Å². The molecule has 1 saturated heterocycles. The molecule has 238 valence electrons. The lowest BCUT2D eigenvalue weighted by Gasteiger charge is -2.15. The molecule has 13 heteroatoms. The molecule has 4 aromatic rings. The first kappa shape index (κ1) is 32.1. The van der Waals surface area contributed by atoms with Gasteiger partial charge in [-0.3, -0.25) is 10.3 Å². The molecule has 1 aliphatic rings. The summed E-state index contributed by atoms with van der Waals surface area (Å²) in [5.74, 6) is 0.411. The lowest BCUT2D eigenvalue weighted by Crippen LogP contribution is -2.32. The number of halogens is 1. The number of hydrogen-bond acceptors (Lipinski definition) is 7. The second kappa shape index (κ2) is 13.0. The monoisotopic (exact) mass is 636 g/mol. The number of nitrogens with zero attached hydrogens (tertiary/aromatic N) is 3. The van der Waals surface area contributed by atoms with E-state index >= 15 is 0 Å². The van der Waals surface area contributed by atoms with Gasteiger partial charge in [0.05, 0.1) is 28.1 Å². The largest absolute Gasteiger partial charge is 0.457 e. The smallest absolute Gasteiger partial charge is 0.324 e. The number of sulfonamides is 1. The fourth-order valence-electron chi connectivity index (χ4n) is 4.84. The highest BCUT2D eigenvalue weighted by Crippen LogP contribution is 2.29. The van der Waals surface area contributed by atoms with Crippen molar-refractivity contribution < 1.29 is 27.1 Å². The summed E-state index contributed by atoms with van der Waals surface area (Å²) in [7, 11) is -3.77. The molecule has 1 unspecified atom stereocenters. The average molecular weight is 637 g/mol. The van der Waals surface area contributed by atoms with Crippen molar-refractivity contribution in [3.63, 3.8) is 0 Å². The van der Waals surface area contributed by atoms with Gasteiger partial charge in [0.2, 0.25) is 10.0 Å².